The molecule has 10 heteroatoms. The van der Waals surface area contributed by atoms with E-state index >= 15 is 0 Å². The van der Waals surface area contributed by atoms with Crippen molar-refractivity contribution >= 4 is 50.7 Å². The molecule has 7 nitrogen and oxygen atoms in total. The van der Waals surface area contributed by atoms with Gasteiger partial charge in [0.15, 0.2) is 0 Å². The van der Waals surface area contributed by atoms with Crippen molar-refractivity contribution < 1.29 is 18.0 Å². The summed E-state index contributed by atoms with van der Waals surface area (Å²) in [6, 6.07) is 13.5. The van der Waals surface area contributed by atoms with Crippen LogP contribution in [0.15, 0.2) is 48.5 Å². The molecule has 3 rings (SSSR count). The number of halogens is 2. The Morgan fingerprint density at radius 2 is 1.70 bits per heavy atom. The summed E-state index contributed by atoms with van der Waals surface area (Å²) in [6.07, 6.45) is 7.15. The van der Waals surface area contributed by atoms with E-state index < -0.39 is 28.5 Å². The van der Waals surface area contributed by atoms with Crippen LogP contribution >= 0.6 is 23.2 Å². The zero-order chi connectivity index (χ0) is 27.0. The number of anilines is 1. The van der Waals surface area contributed by atoms with Gasteiger partial charge in [0.05, 0.1) is 22.0 Å². The van der Waals surface area contributed by atoms with Crippen molar-refractivity contribution in [3.05, 3.63) is 64.1 Å². The number of hydrogen-bond acceptors (Lipinski definition) is 4. The first-order valence-electron chi connectivity index (χ1n) is 12.7. The Balaban J connectivity index is 1.87. The van der Waals surface area contributed by atoms with Crippen LogP contribution in [-0.2, 0) is 26.0 Å². The molecule has 0 saturated heterocycles. The third-order valence-corrected chi connectivity index (χ3v) is 8.57. The fraction of sp³-hybridized carbons (Fsp3) is 0.481. The van der Waals surface area contributed by atoms with E-state index in [1.54, 1.807) is 0 Å². The van der Waals surface area contributed by atoms with Gasteiger partial charge in [-0.05, 0) is 49.4 Å². The highest BCUT2D eigenvalue weighted by molar-refractivity contribution is 7.92. The summed E-state index contributed by atoms with van der Waals surface area (Å²) in [5, 5.41) is 3.59. The molecular weight excluding hydrogens is 533 g/mol. The van der Waals surface area contributed by atoms with Gasteiger partial charge in [-0.15, -0.1) is 0 Å². The van der Waals surface area contributed by atoms with Gasteiger partial charge in [-0.1, -0.05) is 79.7 Å². The van der Waals surface area contributed by atoms with Gasteiger partial charge in [0.25, 0.3) is 0 Å². The molecule has 202 valence electrons. The Labute approximate surface area is 230 Å². The van der Waals surface area contributed by atoms with Crippen LogP contribution in [-0.4, -0.2) is 56.6 Å². The molecule has 1 N–H and O–H groups in total. The lowest BCUT2D eigenvalue weighted by Gasteiger charge is -2.34. The molecule has 0 unspecified atom stereocenters. The van der Waals surface area contributed by atoms with Crippen molar-refractivity contribution in [1.82, 2.24) is 10.2 Å². The molecule has 1 aliphatic rings. The summed E-state index contributed by atoms with van der Waals surface area (Å²) in [5.41, 5.74) is 1.25. The Hall–Kier alpha value is -2.29. The predicted octanol–water partition coefficient (Wildman–Crippen LogP) is 5.06. The highest BCUT2D eigenvalue weighted by Crippen LogP contribution is 2.28. The standard InChI is InChI=1S/C27H35Cl2N3O4S/c1-3-25(27(34)30-21-12-8-5-9-13-21)31(17-16-20-10-6-4-7-11-20)26(33)19-32(37(2,35)36)22-14-15-23(28)24(29)18-22/h4,6-7,10-11,14-15,18,21,25H,3,5,8-9,12-13,16-17,19H2,1-2H3,(H,30,34)/t25-/m0/s1. The third-order valence-electron chi connectivity index (χ3n) is 6.69. The molecule has 0 aliphatic heterocycles. The average Bonchev–Trinajstić information content (AvgIpc) is 2.87. The number of nitrogens with one attached hydrogen (secondary N) is 1. The lowest BCUT2D eigenvalue weighted by Crippen LogP contribution is -2.54. The molecule has 0 aromatic heterocycles. The van der Waals surface area contributed by atoms with Crippen LogP contribution < -0.4 is 9.62 Å². The van der Waals surface area contributed by atoms with Gasteiger partial charge in [0.2, 0.25) is 21.8 Å². The predicted molar refractivity (Wildman–Crippen MR) is 150 cm³/mol. The molecule has 0 heterocycles. The molecule has 1 aliphatic carbocycles. The number of benzene rings is 2. The molecule has 0 radical (unpaired) electrons. The van der Waals surface area contributed by atoms with Crippen molar-refractivity contribution in [2.75, 3.05) is 23.7 Å². The van der Waals surface area contributed by atoms with Crippen molar-refractivity contribution in [3.8, 4) is 0 Å². The van der Waals surface area contributed by atoms with Gasteiger partial charge in [-0.25, -0.2) is 8.42 Å². The smallest absolute Gasteiger partial charge is 0.244 e. The minimum Gasteiger partial charge on any atom is -0.352 e. The fourth-order valence-electron chi connectivity index (χ4n) is 4.69. The van der Waals surface area contributed by atoms with Crippen molar-refractivity contribution in [2.24, 2.45) is 0 Å². The lowest BCUT2D eigenvalue weighted by molar-refractivity contribution is -0.140. The van der Waals surface area contributed by atoms with Crippen LogP contribution in [0.3, 0.4) is 0 Å². The molecule has 2 aromatic carbocycles. The second kappa shape index (κ2) is 13.5. The third kappa shape index (κ3) is 8.35. The van der Waals surface area contributed by atoms with Crippen LogP contribution in [0.2, 0.25) is 10.0 Å². The Bertz CT molecular complexity index is 1170. The summed E-state index contributed by atoms with van der Waals surface area (Å²) >= 11 is 12.1. The first kappa shape index (κ1) is 29.3. The largest absolute Gasteiger partial charge is 0.352 e. The molecule has 0 spiro atoms. The topological polar surface area (TPSA) is 86.8 Å². The van der Waals surface area contributed by atoms with E-state index in [9.17, 15) is 18.0 Å². The molecule has 2 amide bonds. The van der Waals surface area contributed by atoms with Crippen LogP contribution in [0.1, 0.15) is 51.0 Å². The number of hydrogen-bond donors (Lipinski definition) is 1. The molecule has 1 fully saturated rings. The summed E-state index contributed by atoms with van der Waals surface area (Å²) in [6.45, 7) is 1.68. The Kier molecular flexibility index (Phi) is 10.7. The van der Waals surface area contributed by atoms with Crippen LogP contribution in [0.25, 0.3) is 0 Å². The van der Waals surface area contributed by atoms with E-state index in [4.69, 9.17) is 23.2 Å². The van der Waals surface area contributed by atoms with Crippen LogP contribution in [0.5, 0.6) is 0 Å². The van der Waals surface area contributed by atoms with Crippen LogP contribution in [0.4, 0.5) is 5.69 Å². The van der Waals surface area contributed by atoms with E-state index in [1.807, 2.05) is 37.3 Å². The average molecular weight is 569 g/mol. The molecule has 37 heavy (non-hydrogen) atoms. The van der Waals surface area contributed by atoms with E-state index in [2.05, 4.69) is 5.32 Å². The SMILES string of the molecule is CC[C@@H](C(=O)NC1CCCCC1)N(CCc1ccccc1)C(=O)CN(c1ccc(Cl)c(Cl)c1)S(C)(=O)=O. The zero-order valence-corrected chi connectivity index (χ0v) is 23.7. The highest BCUT2D eigenvalue weighted by Gasteiger charge is 2.32. The van der Waals surface area contributed by atoms with E-state index in [0.29, 0.717) is 12.8 Å². The summed E-state index contributed by atoms with van der Waals surface area (Å²) in [7, 11) is -3.84. The summed E-state index contributed by atoms with van der Waals surface area (Å²) in [4.78, 5) is 28.6. The number of sulfonamides is 1. The van der Waals surface area contributed by atoms with Gasteiger partial charge in [-0.2, -0.15) is 0 Å². The van der Waals surface area contributed by atoms with Gasteiger partial charge < -0.3 is 10.2 Å². The Morgan fingerprint density at radius 1 is 1.03 bits per heavy atom. The van der Waals surface area contributed by atoms with Gasteiger partial charge in [0.1, 0.15) is 12.6 Å². The first-order chi connectivity index (χ1) is 17.6. The number of carbonyl (C=O) groups excluding carboxylic acids is 2. The van der Waals surface area contributed by atoms with E-state index in [1.165, 1.54) is 29.5 Å². The number of rotatable bonds is 11. The minimum absolute atomic E-state index is 0.102. The normalized spacial score (nSPS) is 15.1. The fourth-order valence-corrected chi connectivity index (χ4v) is 5.83. The first-order valence-corrected chi connectivity index (χ1v) is 15.3. The molecule has 2 aromatic rings. The number of nitrogens with zero attached hydrogens (tertiary/aromatic N) is 2. The Morgan fingerprint density at radius 3 is 2.30 bits per heavy atom. The van der Waals surface area contributed by atoms with E-state index in [0.717, 1.165) is 41.8 Å². The molecular formula is C27H35Cl2N3O4S. The monoisotopic (exact) mass is 567 g/mol. The minimum atomic E-state index is -3.84. The van der Waals surface area contributed by atoms with Crippen molar-refractivity contribution in [1.29, 1.82) is 0 Å². The zero-order valence-electron chi connectivity index (χ0n) is 21.3. The molecule has 1 atom stereocenters. The van der Waals surface area contributed by atoms with Crippen molar-refractivity contribution in [3.63, 3.8) is 0 Å². The molecule has 1 saturated carbocycles. The summed E-state index contributed by atoms with van der Waals surface area (Å²) in [5.74, 6) is -0.658. The quantitative estimate of drug-likeness (QED) is 0.411. The maximum absolute atomic E-state index is 13.7. The lowest BCUT2D eigenvalue weighted by atomic mass is 9.95. The maximum Gasteiger partial charge on any atom is 0.244 e. The van der Waals surface area contributed by atoms with E-state index in [-0.39, 0.29) is 34.2 Å². The summed E-state index contributed by atoms with van der Waals surface area (Å²) < 4.78 is 26.4. The second-order valence-electron chi connectivity index (χ2n) is 9.46. The molecule has 0 bridgehead atoms. The highest BCUT2D eigenvalue weighted by atomic mass is 35.5. The second-order valence-corrected chi connectivity index (χ2v) is 12.2. The van der Waals surface area contributed by atoms with Gasteiger partial charge in [0, 0.05) is 12.6 Å². The maximum atomic E-state index is 13.7. The number of carbonyl (C=O) groups is 2. The van der Waals surface area contributed by atoms with Gasteiger partial charge in [-0.3, -0.25) is 13.9 Å². The van der Waals surface area contributed by atoms with Crippen molar-refractivity contribution in [2.45, 2.75) is 64.0 Å². The number of amides is 2. The van der Waals surface area contributed by atoms with Crippen LogP contribution in [0, 0.1) is 0 Å². The van der Waals surface area contributed by atoms with Gasteiger partial charge >= 0.3 is 0 Å².